The molecular formula is C19H13Cl2NO3. The molecule has 0 amide bonds. The number of halogens is 2. The van der Waals surface area contributed by atoms with E-state index in [1.807, 2.05) is 12.1 Å². The maximum atomic E-state index is 12.4. The highest BCUT2D eigenvalue weighted by atomic mass is 35.5. The number of carbonyl (C=O) groups is 2. The van der Waals surface area contributed by atoms with Gasteiger partial charge in [0, 0.05) is 28.3 Å². The summed E-state index contributed by atoms with van der Waals surface area (Å²) in [5, 5.41) is 1.82. The van der Waals surface area contributed by atoms with E-state index in [0.717, 1.165) is 5.56 Å². The summed E-state index contributed by atoms with van der Waals surface area (Å²) in [7, 11) is 0. The van der Waals surface area contributed by atoms with Crippen molar-refractivity contribution in [2.24, 2.45) is 0 Å². The van der Waals surface area contributed by atoms with E-state index in [4.69, 9.17) is 27.9 Å². The lowest BCUT2D eigenvalue weighted by molar-refractivity contribution is -0.135. The number of nitrogens with zero attached hydrogens (tertiary/aromatic N) is 1. The molecule has 4 rings (SSSR count). The Bertz CT molecular complexity index is 1020. The summed E-state index contributed by atoms with van der Waals surface area (Å²) in [6, 6.07) is 12.5. The third-order valence-electron chi connectivity index (χ3n) is 4.42. The molecule has 0 radical (unpaired) electrons. The van der Waals surface area contributed by atoms with Gasteiger partial charge >= 0.3 is 5.97 Å². The van der Waals surface area contributed by atoms with E-state index in [-0.39, 0.29) is 24.2 Å². The van der Waals surface area contributed by atoms with Crippen molar-refractivity contribution in [2.45, 2.75) is 19.3 Å². The first-order valence-corrected chi connectivity index (χ1v) is 8.52. The summed E-state index contributed by atoms with van der Waals surface area (Å²) in [6.07, 6.45) is 0.159. The normalized spacial score (nSPS) is 16.6. The Morgan fingerprint density at radius 2 is 1.80 bits per heavy atom. The van der Waals surface area contributed by atoms with Gasteiger partial charge in [0.2, 0.25) is 5.91 Å². The lowest BCUT2D eigenvalue weighted by Crippen LogP contribution is -2.24. The van der Waals surface area contributed by atoms with E-state index in [2.05, 4.69) is 0 Å². The summed E-state index contributed by atoms with van der Waals surface area (Å²) in [5.41, 5.74) is 2.21. The van der Waals surface area contributed by atoms with Gasteiger partial charge in [-0.25, -0.2) is 0 Å². The monoisotopic (exact) mass is 373 g/mol. The van der Waals surface area contributed by atoms with E-state index in [0.29, 0.717) is 32.4 Å². The molecule has 0 aliphatic carbocycles. The fourth-order valence-corrected chi connectivity index (χ4v) is 3.69. The fourth-order valence-electron chi connectivity index (χ4n) is 3.40. The van der Waals surface area contributed by atoms with Gasteiger partial charge in [0.25, 0.3) is 0 Å². The van der Waals surface area contributed by atoms with Gasteiger partial charge in [0.1, 0.15) is 0 Å². The molecule has 1 unspecified atom stereocenters. The average molecular weight is 374 g/mol. The minimum absolute atomic E-state index is 0.159. The van der Waals surface area contributed by atoms with Crippen molar-refractivity contribution in [1.29, 1.82) is 0 Å². The van der Waals surface area contributed by atoms with Crippen molar-refractivity contribution < 1.29 is 14.3 Å². The molecule has 3 aromatic rings. The minimum Gasteiger partial charge on any atom is -0.424 e. The topological polar surface area (TPSA) is 48.3 Å². The summed E-state index contributed by atoms with van der Waals surface area (Å²) < 4.78 is 7.10. The van der Waals surface area contributed by atoms with Crippen LogP contribution in [0.3, 0.4) is 0 Å². The second kappa shape index (κ2) is 5.90. The van der Waals surface area contributed by atoms with Gasteiger partial charge in [0.05, 0.1) is 17.6 Å². The zero-order valence-electron chi connectivity index (χ0n) is 13.3. The van der Waals surface area contributed by atoms with Gasteiger partial charge in [-0.3, -0.25) is 14.2 Å². The van der Waals surface area contributed by atoms with Gasteiger partial charge in [-0.05, 0) is 35.9 Å². The third kappa shape index (κ3) is 2.62. The van der Waals surface area contributed by atoms with Crippen LogP contribution in [-0.2, 0) is 4.79 Å². The smallest absolute Gasteiger partial charge is 0.312 e. The molecule has 1 aliphatic heterocycles. The minimum atomic E-state index is -0.329. The molecular weight excluding hydrogens is 361 g/mol. The number of fused-ring (bicyclic) bond motifs is 3. The zero-order chi connectivity index (χ0) is 17.7. The maximum absolute atomic E-state index is 12.4. The maximum Gasteiger partial charge on any atom is 0.312 e. The van der Waals surface area contributed by atoms with E-state index < -0.39 is 0 Å². The summed E-state index contributed by atoms with van der Waals surface area (Å²) in [6.45, 7) is 1.48. The van der Waals surface area contributed by atoms with Gasteiger partial charge in [0.15, 0.2) is 5.75 Å². The van der Waals surface area contributed by atoms with E-state index in [1.54, 1.807) is 34.9 Å². The number of hydrogen-bond donors (Lipinski definition) is 0. The van der Waals surface area contributed by atoms with Crippen molar-refractivity contribution in [2.75, 3.05) is 0 Å². The summed E-state index contributed by atoms with van der Waals surface area (Å²) >= 11 is 12.1. The van der Waals surface area contributed by atoms with Crippen LogP contribution in [0.15, 0.2) is 42.5 Å². The second-order valence-electron chi connectivity index (χ2n) is 6.01. The molecule has 0 saturated heterocycles. The number of esters is 1. The third-order valence-corrected chi connectivity index (χ3v) is 4.91. The van der Waals surface area contributed by atoms with E-state index in [1.165, 1.54) is 6.92 Å². The molecule has 1 aromatic heterocycles. The fraction of sp³-hybridized carbons (Fsp3) is 0.158. The Hall–Kier alpha value is -2.30. The number of ether oxygens (including phenoxy) is 1. The lowest BCUT2D eigenvalue weighted by atomic mass is 9.90. The molecule has 0 spiro atoms. The number of benzene rings is 2. The Morgan fingerprint density at radius 1 is 1.12 bits per heavy atom. The molecule has 2 heterocycles. The molecule has 1 atom stereocenters. The van der Waals surface area contributed by atoms with Crippen molar-refractivity contribution in [3.05, 3.63) is 63.8 Å². The Kier molecular flexibility index (Phi) is 3.82. The molecule has 0 fully saturated rings. The first-order valence-electron chi connectivity index (χ1n) is 7.76. The molecule has 0 N–H and O–H groups in total. The number of carbonyl (C=O) groups excluding carboxylic acids is 2. The average Bonchev–Trinajstić information content (AvgIpc) is 2.88. The summed E-state index contributed by atoms with van der Waals surface area (Å²) in [4.78, 5) is 24.6. The van der Waals surface area contributed by atoms with Crippen LogP contribution in [0.1, 0.15) is 35.3 Å². The standard InChI is InChI=1S/C19H13Cl2NO3/c1-10(23)22-16-8-13(21)6-7-14(16)19-18(22)15(9-17(24)25-19)11-2-4-12(20)5-3-11/h2-8,15H,9H2,1H3. The predicted octanol–water partition coefficient (Wildman–Crippen LogP) is 5.05. The predicted molar refractivity (Wildman–Crippen MR) is 96.8 cm³/mol. The van der Waals surface area contributed by atoms with Gasteiger partial charge < -0.3 is 4.74 Å². The molecule has 0 bridgehead atoms. The number of aromatic nitrogens is 1. The quantitative estimate of drug-likeness (QED) is 0.560. The largest absolute Gasteiger partial charge is 0.424 e. The van der Waals surface area contributed by atoms with Crippen LogP contribution in [0.2, 0.25) is 10.0 Å². The number of rotatable bonds is 1. The molecule has 126 valence electrons. The van der Waals surface area contributed by atoms with Crippen molar-refractivity contribution in [3.8, 4) is 5.75 Å². The lowest BCUT2D eigenvalue weighted by Gasteiger charge is -2.24. The van der Waals surface area contributed by atoms with Crippen LogP contribution >= 0.6 is 23.2 Å². The van der Waals surface area contributed by atoms with Gasteiger partial charge in [-0.2, -0.15) is 0 Å². The highest BCUT2D eigenvalue weighted by Gasteiger charge is 2.35. The zero-order valence-corrected chi connectivity index (χ0v) is 14.8. The summed E-state index contributed by atoms with van der Waals surface area (Å²) in [5.74, 6) is -0.350. The van der Waals surface area contributed by atoms with Crippen LogP contribution in [0.5, 0.6) is 5.75 Å². The molecule has 25 heavy (non-hydrogen) atoms. The molecule has 4 nitrogen and oxygen atoms in total. The Balaban J connectivity index is 2.04. The first-order chi connectivity index (χ1) is 12.0. The van der Waals surface area contributed by atoms with Crippen LogP contribution in [-0.4, -0.2) is 16.4 Å². The number of hydrogen-bond acceptors (Lipinski definition) is 3. The molecule has 0 saturated carbocycles. The van der Waals surface area contributed by atoms with Gasteiger partial charge in [-0.1, -0.05) is 35.3 Å². The van der Waals surface area contributed by atoms with Crippen molar-refractivity contribution in [1.82, 2.24) is 4.57 Å². The van der Waals surface area contributed by atoms with E-state index >= 15 is 0 Å². The van der Waals surface area contributed by atoms with Crippen molar-refractivity contribution in [3.63, 3.8) is 0 Å². The molecule has 1 aliphatic rings. The molecule has 2 aromatic carbocycles. The Morgan fingerprint density at radius 3 is 2.48 bits per heavy atom. The van der Waals surface area contributed by atoms with Crippen molar-refractivity contribution >= 4 is 46.0 Å². The highest BCUT2D eigenvalue weighted by Crippen LogP contribution is 2.45. The van der Waals surface area contributed by atoms with Crippen LogP contribution in [0.4, 0.5) is 0 Å². The Labute approximate surface area is 153 Å². The highest BCUT2D eigenvalue weighted by molar-refractivity contribution is 6.31. The van der Waals surface area contributed by atoms with Crippen LogP contribution in [0, 0.1) is 0 Å². The van der Waals surface area contributed by atoms with E-state index in [9.17, 15) is 9.59 Å². The SMILES string of the molecule is CC(=O)n1c2c(c3ccc(Cl)cc31)OC(=O)CC2c1ccc(Cl)cc1. The van der Waals surface area contributed by atoms with Crippen LogP contribution in [0.25, 0.3) is 10.9 Å². The second-order valence-corrected chi connectivity index (χ2v) is 6.89. The molecule has 6 heteroatoms. The van der Waals surface area contributed by atoms with Crippen LogP contribution < -0.4 is 4.74 Å². The first kappa shape index (κ1) is 16.2. The van der Waals surface area contributed by atoms with Gasteiger partial charge in [-0.15, -0.1) is 0 Å².